The molecular formula is C21H22N4O3S. The molecule has 0 aromatic carbocycles. The van der Waals surface area contributed by atoms with Gasteiger partial charge in [0.1, 0.15) is 12.4 Å². The van der Waals surface area contributed by atoms with Crippen LogP contribution >= 0.6 is 11.8 Å². The molecule has 3 amide bonds. The third-order valence-electron chi connectivity index (χ3n) is 5.26. The summed E-state index contributed by atoms with van der Waals surface area (Å²) < 4.78 is 2.01. The Bertz CT molecular complexity index is 1010. The van der Waals surface area contributed by atoms with Crippen molar-refractivity contribution in [1.82, 2.24) is 19.4 Å². The third-order valence-corrected chi connectivity index (χ3v) is 6.17. The average Bonchev–Trinajstić information content (AvgIpc) is 3.40. The van der Waals surface area contributed by atoms with Crippen molar-refractivity contribution in [3.05, 3.63) is 52.3 Å². The lowest BCUT2D eigenvalue weighted by atomic mass is 10.2. The maximum atomic E-state index is 12.8. The minimum atomic E-state index is -0.407. The van der Waals surface area contributed by atoms with Gasteiger partial charge in [0.15, 0.2) is 0 Å². The van der Waals surface area contributed by atoms with E-state index in [9.17, 15) is 14.4 Å². The number of aryl methyl sites for hydroxylation is 1. The number of rotatable bonds is 4. The van der Waals surface area contributed by atoms with Gasteiger partial charge in [-0.15, -0.1) is 0 Å². The highest BCUT2D eigenvalue weighted by Crippen LogP contribution is 2.33. The highest BCUT2D eigenvalue weighted by Gasteiger charge is 2.37. The third kappa shape index (κ3) is 3.72. The van der Waals surface area contributed by atoms with Crippen molar-refractivity contribution in [3.63, 3.8) is 0 Å². The van der Waals surface area contributed by atoms with Crippen LogP contribution in [-0.2, 0) is 9.59 Å². The summed E-state index contributed by atoms with van der Waals surface area (Å²) in [6.45, 7) is 5.14. The van der Waals surface area contributed by atoms with Gasteiger partial charge in [0.25, 0.3) is 11.1 Å². The summed E-state index contributed by atoms with van der Waals surface area (Å²) in [6.07, 6.45) is 5.41. The Hall–Kier alpha value is -2.87. The van der Waals surface area contributed by atoms with Gasteiger partial charge < -0.3 is 9.47 Å². The number of hydrogen-bond acceptors (Lipinski definition) is 5. The predicted molar refractivity (Wildman–Crippen MR) is 112 cm³/mol. The van der Waals surface area contributed by atoms with E-state index in [1.165, 1.54) is 0 Å². The van der Waals surface area contributed by atoms with E-state index in [1.807, 2.05) is 42.7 Å². The van der Waals surface area contributed by atoms with Gasteiger partial charge in [-0.2, -0.15) is 0 Å². The van der Waals surface area contributed by atoms with Crippen LogP contribution in [0.4, 0.5) is 4.79 Å². The molecule has 4 heterocycles. The summed E-state index contributed by atoms with van der Waals surface area (Å²) in [6, 6.07) is 7.66. The monoisotopic (exact) mass is 410 g/mol. The van der Waals surface area contributed by atoms with Crippen molar-refractivity contribution in [2.24, 2.45) is 0 Å². The van der Waals surface area contributed by atoms with E-state index in [4.69, 9.17) is 0 Å². The quantitative estimate of drug-likeness (QED) is 0.724. The van der Waals surface area contributed by atoms with E-state index >= 15 is 0 Å². The first kappa shape index (κ1) is 19.4. The summed E-state index contributed by atoms with van der Waals surface area (Å²) in [5.74, 6) is 0.223. The minimum absolute atomic E-state index is 0.167. The van der Waals surface area contributed by atoms with Gasteiger partial charge >= 0.3 is 0 Å². The van der Waals surface area contributed by atoms with Crippen LogP contribution in [-0.4, -0.2) is 56.0 Å². The molecule has 0 unspecified atom stereocenters. The second-order valence-electron chi connectivity index (χ2n) is 7.21. The molecule has 0 N–H and O–H groups in total. The standard InChI is InChI=1S/C21H22N4O3S/c1-14-11-16(15(2)25(14)18-7-3-4-8-22-18)12-17-20(27)24(21(28)29-17)13-19(26)23-9-5-6-10-23/h3-4,7-8,11-12H,5-6,9-10,13H2,1-2H3/b17-12+. The molecule has 7 nitrogen and oxygen atoms in total. The van der Waals surface area contributed by atoms with Gasteiger partial charge in [-0.3, -0.25) is 19.3 Å². The SMILES string of the molecule is Cc1cc(/C=C2/SC(=O)N(CC(=O)N3CCCC3)C2=O)c(C)n1-c1ccccn1. The molecule has 2 aliphatic rings. The second kappa shape index (κ2) is 7.87. The number of thioether (sulfide) groups is 1. The van der Waals surface area contributed by atoms with Crippen LogP contribution in [0.3, 0.4) is 0 Å². The Labute approximate surface area is 173 Å². The zero-order valence-electron chi connectivity index (χ0n) is 16.4. The molecule has 2 aromatic rings. The number of imide groups is 1. The van der Waals surface area contributed by atoms with Gasteiger partial charge in [-0.05, 0) is 68.3 Å². The molecular weight excluding hydrogens is 388 g/mol. The van der Waals surface area contributed by atoms with Gasteiger partial charge in [-0.25, -0.2) is 4.98 Å². The van der Waals surface area contributed by atoms with E-state index in [0.717, 1.165) is 52.3 Å². The molecule has 2 aliphatic heterocycles. The Morgan fingerprint density at radius 1 is 1.21 bits per heavy atom. The van der Waals surface area contributed by atoms with Crippen molar-refractivity contribution in [2.75, 3.05) is 19.6 Å². The number of aromatic nitrogens is 2. The Balaban J connectivity index is 1.57. The Kier molecular flexibility index (Phi) is 5.27. The zero-order chi connectivity index (χ0) is 20.5. The average molecular weight is 410 g/mol. The van der Waals surface area contributed by atoms with Crippen molar-refractivity contribution < 1.29 is 14.4 Å². The maximum absolute atomic E-state index is 12.8. The molecule has 2 aromatic heterocycles. The molecule has 0 aliphatic carbocycles. The number of amides is 3. The molecule has 2 saturated heterocycles. The molecule has 0 saturated carbocycles. The fourth-order valence-corrected chi connectivity index (χ4v) is 4.58. The predicted octanol–water partition coefficient (Wildman–Crippen LogP) is 3.15. The first-order chi connectivity index (χ1) is 14.0. The van der Waals surface area contributed by atoms with Gasteiger partial charge in [0.05, 0.1) is 4.91 Å². The summed E-state index contributed by atoms with van der Waals surface area (Å²) in [7, 11) is 0. The van der Waals surface area contributed by atoms with Crippen molar-refractivity contribution in [1.29, 1.82) is 0 Å². The number of carbonyl (C=O) groups is 3. The minimum Gasteiger partial charge on any atom is -0.341 e. The number of likely N-dealkylation sites (tertiary alicyclic amines) is 1. The number of nitrogens with zero attached hydrogens (tertiary/aromatic N) is 4. The lowest BCUT2D eigenvalue weighted by Gasteiger charge is -2.18. The van der Waals surface area contributed by atoms with E-state index in [1.54, 1.807) is 17.2 Å². The van der Waals surface area contributed by atoms with Crippen molar-refractivity contribution in [3.8, 4) is 5.82 Å². The number of hydrogen-bond donors (Lipinski definition) is 0. The van der Waals surface area contributed by atoms with Crippen LogP contribution in [0, 0.1) is 13.8 Å². The molecule has 0 atom stereocenters. The first-order valence-electron chi connectivity index (χ1n) is 9.59. The van der Waals surface area contributed by atoms with Gasteiger partial charge in [-0.1, -0.05) is 6.07 Å². The fraction of sp³-hybridized carbons (Fsp3) is 0.333. The lowest BCUT2D eigenvalue weighted by Crippen LogP contribution is -2.40. The molecule has 8 heteroatoms. The van der Waals surface area contributed by atoms with Crippen LogP contribution in [0.2, 0.25) is 0 Å². The first-order valence-corrected chi connectivity index (χ1v) is 10.4. The summed E-state index contributed by atoms with van der Waals surface area (Å²) in [5, 5.41) is -0.396. The van der Waals surface area contributed by atoms with Crippen molar-refractivity contribution >= 4 is 34.9 Å². The van der Waals surface area contributed by atoms with Crippen LogP contribution < -0.4 is 0 Å². The smallest absolute Gasteiger partial charge is 0.294 e. The molecule has 150 valence electrons. The Morgan fingerprint density at radius 2 is 1.97 bits per heavy atom. The van der Waals surface area contributed by atoms with E-state index in [2.05, 4.69) is 4.98 Å². The molecule has 2 fully saturated rings. The molecule has 0 bridgehead atoms. The van der Waals surface area contributed by atoms with Gasteiger partial charge in [0.2, 0.25) is 5.91 Å². The summed E-state index contributed by atoms with van der Waals surface area (Å²) in [4.78, 5) is 45.0. The van der Waals surface area contributed by atoms with Crippen LogP contribution in [0.15, 0.2) is 35.4 Å². The molecule has 0 radical (unpaired) electrons. The van der Waals surface area contributed by atoms with E-state index < -0.39 is 11.1 Å². The highest BCUT2D eigenvalue weighted by atomic mass is 32.2. The maximum Gasteiger partial charge on any atom is 0.294 e. The zero-order valence-corrected chi connectivity index (χ0v) is 17.2. The fourth-order valence-electron chi connectivity index (χ4n) is 3.75. The Morgan fingerprint density at radius 3 is 2.66 bits per heavy atom. The molecule has 0 spiro atoms. The number of carbonyl (C=O) groups excluding carboxylic acids is 3. The van der Waals surface area contributed by atoms with Crippen LogP contribution in [0.5, 0.6) is 0 Å². The highest BCUT2D eigenvalue weighted by molar-refractivity contribution is 8.18. The lowest BCUT2D eigenvalue weighted by molar-refractivity contribution is -0.135. The van der Waals surface area contributed by atoms with E-state index in [-0.39, 0.29) is 12.5 Å². The second-order valence-corrected chi connectivity index (χ2v) is 8.20. The largest absolute Gasteiger partial charge is 0.341 e. The topological polar surface area (TPSA) is 75.5 Å². The number of pyridine rings is 1. The summed E-state index contributed by atoms with van der Waals surface area (Å²) in [5.41, 5.74) is 2.77. The van der Waals surface area contributed by atoms with E-state index in [0.29, 0.717) is 18.0 Å². The molecule has 29 heavy (non-hydrogen) atoms. The van der Waals surface area contributed by atoms with Gasteiger partial charge in [0, 0.05) is 30.7 Å². The van der Waals surface area contributed by atoms with Crippen LogP contribution in [0.1, 0.15) is 29.8 Å². The van der Waals surface area contributed by atoms with Crippen LogP contribution in [0.25, 0.3) is 11.9 Å². The summed E-state index contributed by atoms with van der Waals surface area (Å²) >= 11 is 0.884. The normalized spacial score (nSPS) is 18.3. The van der Waals surface area contributed by atoms with Crippen molar-refractivity contribution in [2.45, 2.75) is 26.7 Å². The molecule has 4 rings (SSSR count).